The second kappa shape index (κ2) is 8.16. The first-order valence-electron chi connectivity index (χ1n) is 10.0. The first-order chi connectivity index (χ1) is 14.0. The number of anilines is 1. The Morgan fingerprint density at radius 3 is 2.34 bits per heavy atom. The Bertz CT molecular complexity index is 952. The lowest BCUT2D eigenvalue weighted by molar-refractivity contribution is 0.0487. The number of hydrogen-bond donors (Lipinski definition) is 1. The Kier molecular flexibility index (Phi) is 5.61. The van der Waals surface area contributed by atoms with Gasteiger partial charge in [0, 0.05) is 37.3 Å². The van der Waals surface area contributed by atoms with Crippen LogP contribution in [0.5, 0.6) is 0 Å². The van der Waals surface area contributed by atoms with Gasteiger partial charge in [-0.05, 0) is 49.1 Å². The van der Waals surface area contributed by atoms with Crippen LogP contribution in [0.25, 0.3) is 0 Å². The highest BCUT2D eigenvalue weighted by molar-refractivity contribution is 7.93. The Hall–Kier alpha value is -2.38. The molecular weight excluding hydrogens is 388 g/mol. The lowest BCUT2D eigenvalue weighted by atomic mass is 9.74. The highest BCUT2D eigenvalue weighted by Crippen LogP contribution is 2.34. The van der Waals surface area contributed by atoms with Gasteiger partial charge in [0.2, 0.25) is 10.0 Å². The van der Waals surface area contributed by atoms with Crippen molar-refractivity contribution in [3.8, 4) is 0 Å². The van der Waals surface area contributed by atoms with Gasteiger partial charge in [0.05, 0.1) is 11.4 Å². The first-order valence-corrected chi connectivity index (χ1v) is 11.6. The molecule has 4 rings (SSSR count). The van der Waals surface area contributed by atoms with E-state index in [0.29, 0.717) is 44.0 Å². The van der Waals surface area contributed by atoms with Crippen LogP contribution in [0, 0.1) is 0 Å². The SMILES string of the molecule is O=C(NCC1(c2ccccc2)CCOCC1)c1ccc(N2CCCS2(=O)=O)cc1. The molecule has 0 radical (unpaired) electrons. The van der Waals surface area contributed by atoms with Crippen LogP contribution >= 0.6 is 0 Å². The average Bonchev–Trinajstić information content (AvgIpc) is 3.12. The molecule has 6 nitrogen and oxygen atoms in total. The average molecular weight is 415 g/mol. The van der Waals surface area contributed by atoms with E-state index in [-0.39, 0.29) is 17.1 Å². The van der Waals surface area contributed by atoms with Crippen molar-refractivity contribution in [1.29, 1.82) is 0 Å². The predicted octanol–water partition coefficient (Wildman–Crippen LogP) is 2.70. The van der Waals surface area contributed by atoms with Crippen molar-refractivity contribution in [2.75, 3.05) is 36.4 Å². The molecular formula is C22H26N2O4S. The molecule has 0 spiro atoms. The van der Waals surface area contributed by atoms with Gasteiger partial charge in [-0.25, -0.2) is 8.42 Å². The van der Waals surface area contributed by atoms with Crippen LogP contribution in [0.2, 0.25) is 0 Å². The standard InChI is InChI=1S/C22H26N2O4S/c25-21(18-7-9-20(10-8-18)24-13-4-16-29(24,26)27)23-17-22(11-14-28-15-12-22)19-5-2-1-3-6-19/h1-3,5-10H,4,11-17H2,(H,23,25). The van der Waals surface area contributed by atoms with Crippen LogP contribution < -0.4 is 9.62 Å². The quantitative estimate of drug-likeness (QED) is 0.816. The number of carbonyl (C=O) groups is 1. The molecule has 0 unspecified atom stereocenters. The van der Waals surface area contributed by atoms with Gasteiger partial charge in [-0.2, -0.15) is 0 Å². The molecule has 0 saturated carbocycles. The van der Waals surface area contributed by atoms with Gasteiger partial charge in [-0.3, -0.25) is 9.10 Å². The van der Waals surface area contributed by atoms with Gasteiger partial charge in [-0.15, -0.1) is 0 Å². The highest BCUT2D eigenvalue weighted by Gasteiger charge is 2.35. The summed E-state index contributed by atoms with van der Waals surface area (Å²) in [5, 5.41) is 3.09. The first kappa shape index (κ1) is 19.9. The number of ether oxygens (including phenoxy) is 1. The van der Waals surface area contributed by atoms with E-state index < -0.39 is 10.0 Å². The molecule has 2 saturated heterocycles. The summed E-state index contributed by atoms with van der Waals surface area (Å²) < 4.78 is 31.1. The summed E-state index contributed by atoms with van der Waals surface area (Å²) in [6.45, 7) is 2.41. The van der Waals surface area contributed by atoms with Crippen molar-refractivity contribution >= 4 is 21.6 Å². The fraction of sp³-hybridized carbons (Fsp3) is 0.409. The van der Waals surface area contributed by atoms with Gasteiger partial charge >= 0.3 is 0 Å². The summed E-state index contributed by atoms with van der Waals surface area (Å²) in [7, 11) is -3.22. The third kappa shape index (κ3) is 4.16. The van der Waals surface area contributed by atoms with E-state index in [0.717, 1.165) is 12.8 Å². The minimum absolute atomic E-state index is 0.126. The molecule has 2 heterocycles. The zero-order valence-corrected chi connectivity index (χ0v) is 17.2. The molecule has 2 aliphatic rings. The fourth-order valence-electron chi connectivity index (χ4n) is 4.18. The molecule has 2 aromatic carbocycles. The monoisotopic (exact) mass is 414 g/mol. The van der Waals surface area contributed by atoms with Crippen molar-refractivity contribution in [2.24, 2.45) is 0 Å². The van der Waals surface area contributed by atoms with Crippen molar-refractivity contribution in [2.45, 2.75) is 24.7 Å². The van der Waals surface area contributed by atoms with Crippen LogP contribution in [0.1, 0.15) is 35.2 Å². The summed E-state index contributed by atoms with van der Waals surface area (Å²) >= 11 is 0. The third-order valence-electron chi connectivity index (χ3n) is 5.94. The second-order valence-electron chi connectivity index (χ2n) is 7.73. The highest BCUT2D eigenvalue weighted by atomic mass is 32.2. The van der Waals surface area contributed by atoms with Gasteiger partial charge in [0.15, 0.2) is 0 Å². The van der Waals surface area contributed by atoms with E-state index in [4.69, 9.17) is 4.74 Å². The van der Waals surface area contributed by atoms with Crippen LogP contribution in [-0.4, -0.2) is 46.4 Å². The number of rotatable bonds is 5. The summed E-state index contributed by atoms with van der Waals surface area (Å²) in [5.41, 5.74) is 2.24. The van der Waals surface area contributed by atoms with Gasteiger partial charge in [0.1, 0.15) is 0 Å². The maximum absolute atomic E-state index is 12.7. The molecule has 0 bridgehead atoms. The summed E-state index contributed by atoms with van der Waals surface area (Å²) in [6.07, 6.45) is 2.36. The maximum Gasteiger partial charge on any atom is 0.251 e. The minimum atomic E-state index is -3.22. The molecule has 154 valence electrons. The van der Waals surface area contributed by atoms with E-state index >= 15 is 0 Å². The van der Waals surface area contributed by atoms with E-state index in [2.05, 4.69) is 17.4 Å². The molecule has 2 aliphatic heterocycles. The number of hydrogen-bond acceptors (Lipinski definition) is 4. The Balaban J connectivity index is 1.46. The van der Waals surface area contributed by atoms with Gasteiger partial charge in [-0.1, -0.05) is 30.3 Å². The number of sulfonamides is 1. The van der Waals surface area contributed by atoms with E-state index in [9.17, 15) is 13.2 Å². The Morgan fingerprint density at radius 1 is 1.03 bits per heavy atom. The van der Waals surface area contributed by atoms with Crippen molar-refractivity contribution in [1.82, 2.24) is 5.32 Å². The van der Waals surface area contributed by atoms with Gasteiger partial charge < -0.3 is 10.1 Å². The fourth-order valence-corrected chi connectivity index (χ4v) is 5.75. The summed E-state index contributed by atoms with van der Waals surface area (Å²) in [4.78, 5) is 12.7. The molecule has 2 fully saturated rings. The van der Waals surface area contributed by atoms with Crippen LogP contribution in [0.4, 0.5) is 5.69 Å². The molecule has 1 N–H and O–H groups in total. The van der Waals surface area contributed by atoms with Crippen molar-refractivity contribution in [3.63, 3.8) is 0 Å². The number of amides is 1. The molecule has 2 aromatic rings. The number of carbonyl (C=O) groups excluding carboxylic acids is 1. The van der Waals surface area contributed by atoms with Crippen molar-refractivity contribution in [3.05, 3.63) is 65.7 Å². The lowest BCUT2D eigenvalue weighted by Crippen LogP contribution is -2.44. The van der Waals surface area contributed by atoms with Crippen molar-refractivity contribution < 1.29 is 17.9 Å². The third-order valence-corrected chi connectivity index (χ3v) is 7.81. The topological polar surface area (TPSA) is 75.7 Å². The minimum Gasteiger partial charge on any atom is -0.381 e. The zero-order valence-electron chi connectivity index (χ0n) is 16.3. The summed E-state index contributed by atoms with van der Waals surface area (Å²) in [6, 6.07) is 17.1. The second-order valence-corrected chi connectivity index (χ2v) is 9.74. The largest absolute Gasteiger partial charge is 0.381 e. The van der Waals surface area contributed by atoms with E-state index in [1.54, 1.807) is 24.3 Å². The van der Waals surface area contributed by atoms with Crippen LogP contribution in [0.15, 0.2) is 54.6 Å². The molecule has 7 heteroatoms. The maximum atomic E-state index is 12.7. The Morgan fingerprint density at radius 2 is 1.72 bits per heavy atom. The molecule has 0 aliphatic carbocycles. The smallest absolute Gasteiger partial charge is 0.251 e. The molecule has 0 atom stereocenters. The summed E-state index contributed by atoms with van der Waals surface area (Å²) in [5.74, 6) is 0.0307. The number of nitrogens with one attached hydrogen (secondary N) is 1. The normalized spacial score (nSPS) is 20.3. The number of nitrogens with zero attached hydrogens (tertiary/aromatic N) is 1. The number of benzene rings is 2. The van der Waals surface area contributed by atoms with Crippen LogP contribution in [-0.2, 0) is 20.2 Å². The van der Waals surface area contributed by atoms with E-state index in [1.165, 1.54) is 9.87 Å². The van der Waals surface area contributed by atoms with E-state index in [1.807, 2.05) is 18.2 Å². The van der Waals surface area contributed by atoms with Crippen LogP contribution in [0.3, 0.4) is 0 Å². The Labute approximate surface area is 171 Å². The molecule has 29 heavy (non-hydrogen) atoms. The zero-order chi connectivity index (χ0) is 20.3. The molecule has 0 aromatic heterocycles. The molecule has 1 amide bonds. The van der Waals surface area contributed by atoms with Gasteiger partial charge in [0.25, 0.3) is 5.91 Å². The lowest BCUT2D eigenvalue weighted by Gasteiger charge is -2.38. The predicted molar refractivity (Wildman–Crippen MR) is 113 cm³/mol.